The number of esters is 1. The van der Waals surface area contributed by atoms with Gasteiger partial charge in [-0.2, -0.15) is 0 Å². The van der Waals surface area contributed by atoms with Crippen molar-refractivity contribution < 1.29 is 14.3 Å². The minimum Gasteiger partial charge on any atom is -0.465 e. The van der Waals surface area contributed by atoms with Gasteiger partial charge in [0.15, 0.2) is 0 Å². The zero-order valence-electron chi connectivity index (χ0n) is 10.3. The van der Waals surface area contributed by atoms with Crippen molar-refractivity contribution >= 4 is 11.9 Å². The van der Waals surface area contributed by atoms with E-state index in [1.807, 2.05) is 0 Å². The van der Waals surface area contributed by atoms with E-state index < -0.39 is 11.7 Å². The lowest BCUT2D eigenvalue weighted by Gasteiger charge is -2.16. The van der Waals surface area contributed by atoms with Crippen molar-refractivity contribution in [2.75, 3.05) is 20.2 Å². The molecule has 0 spiro atoms. The lowest BCUT2D eigenvalue weighted by molar-refractivity contribution is -0.148. The van der Waals surface area contributed by atoms with Crippen LogP contribution in [0.5, 0.6) is 0 Å². The molecule has 98 valence electrons. The fourth-order valence-electron chi connectivity index (χ4n) is 1.26. The molecule has 0 saturated carbocycles. The highest BCUT2D eigenvalue weighted by Crippen LogP contribution is 1.91. The first-order chi connectivity index (χ1) is 8.54. The number of likely N-dealkylation sites (N-methyl/N-ethyl adjacent to an activating group) is 1. The number of carbonyl (C=O) groups is 2. The molecule has 1 amide bonds. The summed E-state index contributed by atoms with van der Waals surface area (Å²) in [5, 5.41) is 0. The summed E-state index contributed by atoms with van der Waals surface area (Å²) >= 11 is 0. The molecule has 1 aromatic heterocycles. The second kappa shape index (κ2) is 6.53. The first kappa shape index (κ1) is 13.9. The Morgan fingerprint density at radius 1 is 1.50 bits per heavy atom. The Labute approximate surface area is 104 Å². The first-order valence-electron chi connectivity index (χ1n) is 5.45. The molecule has 0 aliphatic rings. The summed E-state index contributed by atoms with van der Waals surface area (Å²) in [5.41, 5.74) is -0.504. The summed E-state index contributed by atoms with van der Waals surface area (Å²) in [6.07, 6.45) is 2.82. The number of amides is 1. The average molecular weight is 253 g/mol. The lowest BCUT2D eigenvalue weighted by atomic mass is 10.4. The van der Waals surface area contributed by atoms with Crippen molar-refractivity contribution in [1.82, 2.24) is 14.5 Å². The van der Waals surface area contributed by atoms with Gasteiger partial charge in [-0.25, -0.2) is 9.78 Å². The number of ether oxygens (including phenoxy) is 1. The van der Waals surface area contributed by atoms with E-state index in [0.29, 0.717) is 0 Å². The average Bonchev–Trinajstić information content (AvgIpc) is 2.32. The second-order valence-electron chi connectivity index (χ2n) is 3.58. The van der Waals surface area contributed by atoms with Gasteiger partial charge in [-0.15, -0.1) is 0 Å². The van der Waals surface area contributed by atoms with E-state index in [4.69, 9.17) is 4.74 Å². The van der Waals surface area contributed by atoms with Crippen molar-refractivity contribution in [3.8, 4) is 0 Å². The highest BCUT2D eigenvalue weighted by molar-refractivity contribution is 5.81. The van der Waals surface area contributed by atoms with Crippen LogP contribution in [0.15, 0.2) is 23.3 Å². The van der Waals surface area contributed by atoms with Crippen LogP contribution in [-0.4, -0.2) is 46.5 Å². The highest BCUT2D eigenvalue weighted by atomic mass is 16.5. The van der Waals surface area contributed by atoms with Crippen LogP contribution < -0.4 is 5.69 Å². The van der Waals surface area contributed by atoms with E-state index >= 15 is 0 Å². The van der Waals surface area contributed by atoms with E-state index in [1.165, 1.54) is 28.9 Å². The number of carbonyl (C=O) groups excluding carboxylic acids is 2. The van der Waals surface area contributed by atoms with Gasteiger partial charge in [-0.05, 0) is 13.0 Å². The third kappa shape index (κ3) is 4.00. The number of hydrogen-bond acceptors (Lipinski definition) is 5. The molecule has 0 fully saturated rings. The number of nitrogens with zero attached hydrogens (tertiary/aromatic N) is 3. The number of aromatic nitrogens is 2. The van der Waals surface area contributed by atoms with E-state index in [1.54, 1.807) is 13.0 Å². The zero-order chi connectivity index (χ0) is 13.5. The topological polar surface area (TPSA) is 81.5 Å². The maximum Gasteiger partial charge on any atom is 0.347 e. The van der Waals surface area contributed by atoms with Crippen molar-refractivity contribution in [3.05, 3.63) is 28.9 Å². The van der Waals surface area contributed by atoms with Crippen molar-refractivity contribution in [2.45, 2.75) is 13.5 Å². The van der Waals surface area contributed by atoms with Crippen molar-refractivity contribution in [3.63, 3.8) is 0 Å². The lowest BCUT2D eigenvalue weighted by Crippen LogP contribution is -2.37. The predicted molar refractivity (Wildman–Crippen MR) is 62.8 cm³/mol. The van der Waals surface area contributed by atoms with Crippen molar-refractivity contribution in [1.29, 1.82) is 0 Å². The first-order valence-corrected chi connectivity index (χ1v) is 5.45. The van der Waals surface area contributed by atoms with Crippen LogP contribution in [0.3, 0.4) is 0 Å². The fourth-order valence-corrected chi connectivity index (χ4v) is 1.26. The van der Waals surface area contributed by atoms with Crippen LogP contribution >= 0.6 is 0 Å². The molecule has 0 bridgehead atoms. The molecule has 7 heteroatoms. The molecule has 0 N–H and O–H groups in total. The smallest absolute Gasteiger partial charge is 0.347 e. The van der Waals surface area contributed by atoms with Gasteiger partial charge in [0.2, 0.25) is 5.91 Å². The molecule has 0 saturated heterocycles. The Morgan fingerprint density at radius 2 is 2.22 bits per heavy atom. The highest BCUT2D eigenvalue weighted by Gasteiger charge is 2.14. The Balaban J connectivity index is 2.58. The molecule has 0 atom stereocenters. The summed E-state index contributed by atoms with van der Waals surface area (Å²) in [6.45, 7) is 1.67. The van der Waals surface area contributed by atoms with Crippen LogP contribution in [0.25, 0.3) is 0 Å². The predicted octanol–water partition coefficient (Wildman–Crippen LogP) is -0.735. The van der Waals surface area contributed by atoms with Crippen LogP contribution in [0.1, 0.15) is 6.92 Å². The molecule has 1 rings (SSSR count). The fraction of sp³-hybridized carbons (Fsp3) is 0.455. The van der Waals surface area contributed by atoms with Gasteiger partial charge >= 0.3 is 11.7 Å². The third-order valence-electron chi connectivity index (χ3n) is 2.19. The van der Waals surface area contributed by atoms with Crippen molar-refractivity contribution in [2.24, 2.45) is 0 Å². The Kier molecular flexibility index (Phi) is 5.04. The summed E-state index contributed by atoms with van der Waals surface area (Å²) in [7, 11) is 1.47. The number of hydrogen-bond donors (Lipinski definition) is 0. The Bertz CT molecular complexity index is 483. The maximum atomic E-state index is 11.7. The summed E-state index contributed by atoms with van der Waals surface area (Å²) in [4.78, 5) is 38.9. The molecule has 0 radical (unpaired) electrons. The Hall–Kier alpha value is -2.18. The standard InChI is InChI=1S/C11H15N3O4/c1-3-18-10(16)8-13(2)9(15)7-14-6-4-5-12-11(14)17/h4-6H,3,7-8H2,1-2H3. The van der Waals surface area contributed by atoms with Crippen LogP contribution in [0.2, 0.25) is 0 Å². The molecule has 0 unspecified atom stereocenters. The molecule has 18 heavy (non-hydrogen) atoms. The molecular formula is C11H15N3O4. The molecular weight excluding hydrogens is 238 g/mol. The van der Waals surface area contributed by atoms with E-state index in [2.05, 4.69) is 4.98 Å². The van der Waals surface area contributed by atoms with Gasteiger partial charge in [0, 0.05) is 19.4 Å². The third-order valence-corrected chi connectivity index (χ3v) is 2.19. The van der Waals surface area contributed by atoms with Crippen LogP contribution in [-0.2, 0) is 20.9 Å². The van der Waals surface area contributed by atoms with Gasteiger partial charge in [-0.3, -0.25) is 14.2 Å². The van der Waals surface area contributed by atoms with Crippen LogP contribution in [0.4, 0.5) is 0 Å². The number of rotatable bonds is 5. The van der Waals surface area contributed by atoms with E-state index in [9.17, 15) is 14.4 Å². The van der Waals surface area contributed by atoms with Gasteiger partial charge in [-0.1, -0.05) is 0 Å². The molecule has 1 heterocycles. The molecule has 0 aromatic carbocycles. The van der Waals surface area contributed by atoms with E-state index in [0.717, 1.165) is 0 Å². The zero-order valence-corrected chi connectivity index (χ0v) is 10.3. The summed E-state index contributed by atoms with van der Waals surface area (Å²) in [5.74, 6) is -0.843. The monoisotopic (exact) mass is 253 g/mol. The molecule has 7 nitrogen and oxygen atoms in total. The largest absolute Gasteiger partial charge is 0.465 e. The van der Waals surface area contributed by atoms with Gasteiger partial charge < -0.3 is 9.64 Å². The van der Waals surface area contributed by atoms with Crippen LogP contribution in [0, 0.1) is 0 Å². The molecule has 0 aliphatic carbocycles. The second-order valence-corrected chi connectivity index (χ2v) is 3.58. The molecule has 0 aliphatic heterocycles. The maximum absolute atomic E-state index is 11.7. The summed E-state index contributed by atoms with van der Waals surface area (Å²) < 4.78 is 5.89. The van der Waals surface area contributed by atoms with Gasteiger partial charge in [0.05, 0.1) is 6.61 Å². The minimum atomic E-state index is -0.504. The Morgan fingerprint density at radius 3 is 2.83 bits per heavy atom. The molecule has 1 aromatic rings. The quantitative estimate of drug-likeness (QED) is 0.646. The normalized spacial score (nSPS) is 9.89. The SMILES string of the molecule is CCOC(=O)CN(C)C(=O)Cn1cccnc1=O. The van der Waals surface area contributed by atoms with Gasteiger partial charge in [0.25, 0.3) is 0 Å². The van der Waals surface area contributed by atoms with Gasteiger partial charge in [0.1, 0.15) is 13.1 Å². The summed E-state index contributed by atoms with van der Waals surface area (Å²) in [6, 6.07) is 1.56. The van der Waals surface area contributed by atoms with E-state index in [-0.39, 0.29) is 25.6 Å². The minimum absolute atomic E-state index is 0.137.